The van der Waals surface area contributed by atoms with Crippen molar-refractivity contribution in [1.82, 2.24) is 0 Å². The standard InChI is InChI=1S/C24H21F2NO2/c25-20-13-19(14-21(26)15-20)22(28)29-24-9-6-23(7-10-24,8-11-24)5-4-17-2-1-3-18(12-17)16-27/h1-5,12-15H,6-11H2/b5-4+. The lowest BCUT2D eigenvalue weighted by atomic mass is 9.58. The van der Waals surface area contributed by atoms with E-state index in [4.69, 9.17) is 10.00 Å². The zero-order valence-electron chi connectivity index (χ0n) is 16.0. The van der Waals surface area contributed by atoms with Crippen LogP contribution in [0, 0.1) is 28.4 Å². The number of carbonyl (C=O) groups is 1. The fourth-order valence-corrected chi connectivity index (χ4v) is 4.50. The van der Waals surface area contributed by atoms with Gasteiger partial charge in [0.25, 0.3) is 0 Å². The van der Waals surface area contributed by atoms with Crippen molar-refractivity contribution in [2.75, 3.05) is 0 Å². The Hall–Kier alpha value is -3.00. The van der Waals surface area contributed by atoms with E-state index in [1.165, 1.54) is 0 Å². The summed E-state index contributed by atoms with van der Waals surface area (Å²) in [4.78, 5) is 12.5. The minimum Gasteiger partial charge on any atom is -0.455 e. The van der Waals surface area contributed by atoms with Crippen molar-refractivity contribution < 1.29 is 18.3 Å². The molecule has 0 unspecified atom stereocenters. The van der Waals surface area contributed by atoms with Gasteiger partial charge in [-0.1, -0.05) is 24.3 Å². The van der Waals surface area contributed by atoms with Crippen molar-refractivity contribution in [1.29, 1.82) is 5.26 Å². The van der Waals surface area contributed by atoms with Crippen molar-refractivity contribution in [3.05, 3.63) is 76.9 Å². The van der Waals surface area contributed by atoms with Crippen LogP contribution in [0.5, 0.6) is 0 Å². The second-order valence-electron chi connectivity index (χ2n) is 8.16. The molecule has 148 valence electrons. The van der Waals surface area contributed by atoms with E-state index in [2.05, 4.69) is 18.2 Å². The van der Waals surface area contributed by atoms with Gasteiger partial charge in [0.1, 0.15) is 17.2 Å². The number of rotatable bonds is 4. The molecule has 3 saturated carbocycles. The van der Waals surface area contributed by atoms with Gasteiger partial charge >= 0.3 is 5.97 Å². The molecule has 0 radical (unpaired) electrons. The number of nitriles is 1. The minimum atomic E-state index is -0.786. The van der Waals surface area contributed by atoms with Crippen LogP contribution < -0.4 is 0 Å². The molecule has 2 aromatic carbocycles. The highest BCUT2D eigenvalue weighted by Gasteiger charge is 2.49. The van der Waals surface area contributed by atoms with E-state index in [1.807, 2.05) is 18.2 Å². The summed E-state index contributed by atoms with van der Waals surface area (Å²) in [5.74, 6) is -2.24. The highest BCUT2D eigenvalue weighted by Crippen LogP contribution is 2.55. The Morgan fingerprint density at radius 2 is 1.66 bits per heavy atom. The number of esters is 1. The number of hydrogen-bond acceptors (Lipinski definition) is 3. The highest BCUT2D eigenvalue weighted by atomic mass is 19.1. The van der Waals surface area contributed by atoms with Gasteiger partial charge in [0.15, 0.2) is 0 Å². The summed E-state index contributed by atoms with van der Waals surface area (Å²) in [5.41, 5.74) is 1.08. The molecule has 0 atom stereocenters. The van der Waals surface area contributed by atoms with E-state index in [-0.39, 0.29) is 11.0 Å². The summed E-state index contributed by atoms with van der Waals surface area (Å²) < 4.78 is 32.6. The number of halogens is 2. The zero-order valence-corrected chi connectivity index (χ0v) is 16.0. The maximum Gasteiger partial charge on any atom is 0.338 e. The number of ether oxygens (including phenoxy) is 1. The zero-order chi connectivity index (χ0) is 20.5. The van der Waals surface area contributed by atoms with Crippen LogP contribution >= 0.6 is 0 Å². The number of nitrogens with zero attached hydrogens (tertiary/aromatic N) is 1. The Morgan fingerprint density at radius 1 is 1.00 bits per heavy atom. The van der Waals surface area contributed by atoms with Gasteiger partial charge in [-0.15, -0.1) is 0 Å². The third-order valence-corrected chi connectivity index (χ3v) is 6.29. The lowest BCUT2D eigenvalue weighted by Crippen LogP contribution is -2.48. The molecular formula is C24H21F2NO2. The largest absolute Gasteiger partial charge is 0.455 e. The second-order valence-corrected chi connectivity index (χ2v) is 8.16. The molecule has 5 heteroatoms. The van der Waals surface area contributed by atoms with Crippen LogP contribution in [-0.2, 0) is 4.74 Å². The molecule has 0 saturated heterocycles. The first-order valence-corrected chi connectivity index (χ1v) is 9.80. The van der Waals surface area contributed by atoms with E-state index in [0.29, 0.717) is 5.56 Å². The van der Waals surface area contributed by atoms with Crippen LogP contribution in [0.15, 0.2) is 48.5 Å². The second kappa shape index (κ2) is 7.44. The molecular weight excluding hydrogens is 372 g/mol. The van der Waals surface area contributed by atoms with Crippen LogP contribution in [-0.4, -0.2) is 11.6 Å². The number of carbonyl (C=O) groups excluding carboxylic acids is 1. The van der Waals surface area contributed by atoms with Crippen LogP contribution in [0.2, 0.25) is 0 Å². The molecule has 0 amide bonds. The number of benzene rings is 2. The summed E-state index contributed by atoms with van der Waals surface area (Å²) in [6.45, 7) is 0. The van der Waals surface area contributed by atoms with Crippen LogP contribution in [0.3, 0.4) is 0 Å². The smallest absolute Gasteiger partial charge is 0.338 e. The summed E-state index contributed by atoms with van der Waals surface area (Å²) in [7, 11) is 0. The average Bonchev–Trinajstić information content (AvgIpc) is 2.73. The number of hydrogen-bond donors (Lipinski definition) is 0. The maximum atomic E-state index is 13.4. The molecule has 29 heavy (non-hydrogen) atoms. The Morgan fingerprint density at radius 3 is 2.28 bits per heavy atom. The molecule has 5 rings (SSSR count). The molecule has 0 spiro atoms. The Kier molecular flexibility index (Phi) is 4.96. The highest BCUT2D eigenvalue weighted by molar-refractivity contribution is 5.89. The Balaban J connectivity index is 1.43. The third kappa shape index (κ3) is 4.07. The fourth-order valence-electron chi connectivity index (χ4n) is 4.50. The first-order valence-electron chi connectivity index (χ1n) is 9.80. The summed E-state index contributed by atoms with van der Waals surface area (Å²) in [6, 6.07) is 12.4. The average molecular weight is 393 g/mol. The van der Waals surface area contributed by atoms with Crippen LogP contribution in [0.1, 0.15) is 60.0 Å². The van der Waals surface area contributed by atoms with Crippen molar-refractivity contribution in [3.63, 3.8) is 0 Å². The first kappa shape index (κ1) is 19.3. The summed E-state index contributed by atoms with van der Waals surface area (Å²) >= 11 is 0. The van der Waals surface area contributed by atoms with Gasteiger partial charge < -0.3 is 4.74 Å². The summed E-state index contributed by atoms with van der Waals surface area (Å²) in [5, 5.41) is 9.04. The molecule has 3 nitrogen and oxygen atoms in total. The van der Waals surface area contributed by atoms with Crippen molar-refractivity contribution in [3.8, 4) is 6.07 Å². The van der Waals surface area contributed by atoms with Gasteiger partial charge in [0.05, 0.1) is 17.2 Å². The van der Waals surface area contributed by atoms with Gasteiger partial charge in [-0.3, -0.25) is 0 Å². The summed E-state index contributed by atoms with van der Waals surface area (Å²) in [6.07, 6.45) is 9.19. The molecule has 0 heterocycles. The molecule has 0 aromatic heterocycles. The quantitative estimate of drug-likeness (QED) is 0.617. The normalized spacial score (nSPS) is 25.7. The van der Waals surface area contributed by atoms with Gasteiger partial charge in [-0.25, -0.2) is 13.6 Å². The monoisotopic (exact) mass is 393 g/mol. The fraction of sp³-hybridized carbons (Fsp3) is 0.333. The lowest BCUT2D eigenvalue weighted by molar-refractivity contribution is -0.0913. The van der Waals surface area contributed by atoms with Crippen LogP contribution in [0.25, 0.3) is 6.08 Å². The maximum absolute atomic E-state index is 13.4. The van der Waals surface area contributed by atoms with Gasteiger partial charge in [0, 0.05) is 6.07 Å². The molecule has 3 aliphatic carbocycles. The molecule has 2 bridgehead atoms. The van der Waals surface area contributed by atoms with E-state index in [1.54, 1.807) is 6.07 Å². The molecule has 0 N–H and O–H groups in total. The van der Waals surface area contributed by atoms with E-state index in [9.17, 15) is 13.6 Å². The van der Waals surface area contributed by atoms with Crippen molar-refractivity contribution >= 4 is 12.0 Å². The van der Waals surface area contributed by atoms with E-state index < -0.39 is 23.2 Å². The number of fused-ring (bicyclic) bond motifs is 3. The van der Waals surface area contributed by atoms with Gasteiger partial charge in [-0.2, -0.15) is 5.26 Å². The molecule has 0 aliphatic heterocycles. The molecule has 2 aromatic rings. The predicted molar refractivity (Wildman–Crippen MR) is 105 cm³/mol. The number of allylic oxidation sites excluding steroid dienone is 1. The van der Waals surface area contributed by atoms with E-state index >= 15 is 0 Å². The van der Waals surface area contributed by atoms with Gasteiger partial charge in [0.2, 0.25) is 0 Å². The molecule has 3 fully saturated rings. The Labute approximate surface area is 168 Å². The predicted octanol–water partition coefficient (Wildman–Crippen LogP) is 5.80. The van der Waals surface area contributed by atoms with Crippen molar-refractivity contribution in [2.45, 2.75) is 44.1 Å². The van der Waals surface area contributed by atoms with Gasteiger partial charge in [-0.05, 0) is 73.8 Å². The Bertz CT molecular complexity index is 977. The third-order valence-electron chi connectivity index (χ3n) is 6.29. The van der Waals surface area contributed by atoms with Crippen molar-refractivity contribution in [2.24, 2.45) is 5.41 Å². The SMILES string of the molecule is N#Cc1cccc(/C=C/C23CCC(OC(=O)c4cc(F)cc(F)c4)(CC2)CC3)c1. The minimum absolute atomic E-state index is 0.0712. The molecule has 3 aliphatic rings. The first-order chi connectivity index (χ1) is 13.9. The lowest BCUT2D eigenvalue weighted by Gasteiger charge is -2.51. The topological polar surface area (TPSA) is 50.1 Å². The van der Waals surface area contributed by atoms with Crippen LogP contribution in [0.4, 0.5) is 8.78 Å². The van der Waals surface area contributed by atoms with E-state index in [0.717, 1.165) is 62.3 Å².